The molecule has 0 radical (unpaired) electrons. The van der Waals surface area contributed by atoms with E-state index in [0.717, 1.165) is 38.3 Å². The number of aliphatic hydroxyl groups is 1. The Labute approximate surface area is 169 Å². The Bertz CT molecular complexity index is 900. The van der Waals surface area contributed by atoms with Crippen molar-refractivity contribution in [3.05, 3.63) is 76.4 Å². The third-order valence-corrected chi connectivity index (χ3v) is 6.13. The number of benzene rings is 1. The maximum Gasteiger partial charge on any atom is 0.126 e. The second kappa shape index (κ2) is 8.59. The molecule has 0 bridgehead atoms. The largest absolute Gasteiger partial charge is 0.391 e. The molecule has 1 aromatic carbocycles. The first-order valence-corrected chi connectivity index (χ1v) is 10.3. The maximum absolute atomic E-state index is 13.7. The van der Waals surface area contributed by atoms with E-state index in [4.69, 9.17) is 0 Å². The van der Waals surface area contributed by atoms with E-state index in [9.17, 15) is 13.9 Å². The van der Waals surface area contributed by atoms with Crippen LogP contribution in [-0.4, -0.2) is 33.8 Å². The number of H-pyrrole nitrogens is 1. The quantitative estimate of drug-likeness (QED) is 0.683. The summed E-state index contributed by atoms with van der Waals surface area (Å²) in [7, 11) is 0. The van der Waals surface area contributed by atoms with E-state index in [0.29, 0.717) is 17.8 Å². The zero-order valence-corrected chi connectivity index (χ0v) is 16.6. The molecule has 1 aliphatic heterocycles. The summed E-state index contributed by atoms with van der Waals surface area (Å²) < 4.78 is 27.4. The molecule has 4 rings (SSSR count). The van der Waals surface area contributed by atoms with Crippen molar-refractivity contribution in [2.24, 2.45) is 0 Å². The summed E-state index contributed by atoms with van der Waals surface area (Å²) in [5, 5.41) is 14.7. The maximum atomic E-state index is 13.7. The second-order valence-electron chi connectivity index (χ2n) is 8.03. The van der Waals surface area contributed by atoms with Gasteiger partial charge < -0.3 is 15.4 Å². The number of rotatable bonds is 6. The summed E-state index contributed by atoms with van der Waals surface area (Å²) in [6.07, 6.45) is 9.17. The predicted octanol–water partition coefficient (Wildman–Crippen LogP) is 4.16. The number of halogens is 2. The third-order valence-electron chi connectivity index (χ3n) is 6.13. The summed E-state index contributed by atoms with van der Waals surface area (Å²) in [4.78, 5) is 7.39. The number of aromatic amines is 1. The lowest BCUT2D eigenvalue weighted by Gasteiger charge is -2.36. The Balaban J connectivity index is 1.57. The smallest absolute Gasteiger partial charge is 0.126 e. The number of hydrogen-bond donors (Lipinski definition) is 3. The number of hydrogen-bond acceptors (Lipinski definition) is 3. The lowest BCUT2D eigenvalue weighted by Crippen LogP contribution is -2.47. The van der Waals surface area contributed by atoms with Crippen molar-refractivity contribution in [3.8, 4) is 0 Å². The van der Waals surface area contributed by atoms with E-state index in [1.54, 1.807) is 12.4 Å². The van der Waals surface area contributed by atoms with Crippen LogP contribution in [0.4, 0.5) is 8.78 Å². The number of aliphatic hydroxyl groups excluding tert-OH is 1. The summed E-state index contributed by atoms with van der Waals surface area (Å²) in [5.41, 5.74) is 4.71. The van der Waals surface area contributed by atoms with Crippen LogP contribution in [0.15, 0.2) is 53.4 Å². The molecule has 0 saturated carbocycles. The van der Waals surface area contributed by atoms with E-state index in [2.05, 4.69) is 28.3 Å². The summed E-state index contributed by atoms with van der Waals surface area (Å²) >= 11 is 0. The molecule has 154 valence electrons. The van der Waals surface area contributed by atoms with E-state index in [1.807, 2.05) is 0 Å². The first-order chi connectivity index (χ1) is 14.0. The molecule has 4 nitrogen and oxygen atoms in total. The van der Waals surface area contributed by atoms with Gasteiger partial charge in [0.2, 0.25) is 0 Å². The summed E-state index contributed by atoms with van der Waals surface area (Å²) in [5.74, 6) is -1.00. The van der Waals surface area contributed by atoms with Crippen molar-refractivity contribution in [1.82, 2.24) is 15.3 Å². The predicted molar refractivity (Wildman–Crippen MR) is 108 cm³/mol. The minimum Gasteiger partial charge on any atom is -0.391 e. The van der Waals surface area contributed by atoms with Gasteiger partial charge in [-0.1, -0.05) is 24.1 Å². The molecule has 0 fully saturated rings. The van der Waals surface area contributed by atoms with Gasteiger partial charge in [0.15, 0.2) is 0 Å². The van der Waals surface area contributed by atoms with Crippen LogP contribution in [0.2, 0.25) is 0 Å². The summed E-state index contributed by atoms with van der Waals surface area (Å²) in [6, 6.07) is 3.35. The Kier molecular flexibility index (Phi) is 5.92. The second-order valence-corrected chi connectivity index (χ2v) is 8.03. The minimum absolute atomic E-state index is 0.144. The number of nitrogens with zero attached hydrogens (tertiary/aromatic N) is 1. The normalized spacial score (nSPS) is 21.5. The van der Waals surface area contributed by atoms with Gasteiger partial charge in [0.25, 0.3) is 0 Å². The third kappa shape index (κ3) is 4.49. The van der Waals surface area contributed by atoms with Crippen LogP contribution in [0.25, 0.3) is 0 Å². The van der Waals surface area contributed by atoms with Gasteiger partial charge in [-0.15, -0.1) is 0 Å². The van der Waals surface area contributed by atoms with Crippen molar-refractivity contribution < 1.29 is 13.9 Å². The zero-order valence-electron chi connectivity index (χ0n) is 16.6. The Morgan fingerprint density at radius 2 is 2.00 bits per heavy atom. The van der Waals surface area contributed by atoms with Gasteiger partial charge in [0.05, 0.1) is 6.10 Å². The highest BCUT2D eigenvalue weighted by atomic mass is 19.1. The SMILES string of the molecule is CCC1=CC2=C(CC1)CNC(C(O)C(Cc1cc(F)cc(F)c1)c1ncc[nH]1)C2. The van der Waals surface area contributed by atoms with Crippen molar-refractivity contribution >= 4 is 0 Å². The molecule has 1 aliphatic carbocycles. The molecular weight excluding hydrogens is 372 g/mol. The number of allylic oxidation sites excluding steroid dienone is 2. The molecule has 0 amide bonds. The summed E-state index contributed by atoms with van der Waals surface area (Å²) in [6.45, 7) is 2.94. The molecule has 2 heterocycles. The molecule has 0 saturated heterocycles. The van der Waals surface area contributed by atoms with Gasteiger partial charge in [0, 0.05) is 37.0 Å². The highest BCUT2D eigenvalue weighted by molar-refractivity contribution is 5.37. The van der Waals surface area contributed by atoms with Gasteiger partial charge in [-0.25, -0.2) is 13.8 Å². The van der Waals surface area contributed by atoms with Gasteiger partial charge >= 0.3 is 0 Å². The lowest BCUT2D eigenvalue weighted by atomic mass is 9.81. The molecule has 6 heteroatoms. The van der Waals surface area contributed by atoms with Crippen LogP contribution in [0.1, 0.15) is 49.9 Å². The van der Waals surface area contributed by atoms with Crippen LogP contribution in [0.5, 0.6) is 0 Å². The van der Waals surface area contributed by atoms with Crippen molar-refractivity contribution in [2.75, 3.05) is 6.54 Å². The zero-order chi connectivity index (χ0) is 20.4. The fraction of sp³-hybridized carbons (Fsp3) is 0.435. The fourth-order valence-electron chi connectivity index (χ4n) is 4.50. The average molecular weight is 399 g/mol. The van der Waals surface area contributed by atoms with Crippen LogP contribution < -0.4 is 5.32 Å². The molecule has 3 N–H and O–H groups in total. The van der Waals surface area contributed by atoms with Crippen molar-refractivity contribution in [2.45, 2.75) is 57.1 Å². The molecule has 1 aromatic heterocycles. The molecule has 2 aliphatic rings. The lowest BCUT2D eigenvalue weighted by molar-refractivity contribution is 0.0944. The average Bonchev–Trinajstić information content (AvgIpc) is 3.24. The van der Waals surface area contributed by atoms with Crippen LogP contribution in [-0.2, 0) is 6.42 Å². The van der Waals surface area contributed by atoms with Crippen molar-refractivity contribution in [3.63, 3.8) is 0 Å². The van der Waals surface area contributed by atoms with Crippen LogP contribution in [0, 0.1) is 11.6 Å². The number of imidazole rings is 1. The van der Waals surface area contributed by atoms with Crippen LogP contribution in [0.3, 0.4) is 0 Å². The van der Waals surface area contributed by atoms with E-state index in [-0.39, 0.29) is 6.04 Å². The highest BCUT2D eigenvalue weighted by Gasteiger charge is 2.34. The minimum atomic E-state index is -0.748. The molecule has 29 heavy (non-hydrogen) atoms. The van der Waals surface area contributed by atoms with Crippen molar-refractivity contribution in [1.29, 1.82) is 0 Å². The van der Waals surface area contributed by atoms with E-state index >= 15 is 0 Å². The topological polar surface area (TPSA) is 60.9 Å². The standard InChI is InChI=1S/C23H27F2N3O/c1-2-14-3-4-16-13-28-21(11-17(16)7-14)22(29)20(23-26-5-6-27-23)10-15-8-18(24)12-19(25)9-15/h5-9,12,20-22,28-29H,2-4,10-11,13H2,1H3,(H,26,27). The van der Waals surface area contributed by atoms with Gasteiger partial charge in [0.1, 0.15) is 17.5 Å². The van der Waals surface area contributed by atoms with Gasteiger partial charge in [-0.3, -0.25) is 0 Å². The molecular formula is C23H27F2N3O. The first-order valence-electron chi connectivity index (χ1n) is 10.3. The Hall–Kier alpha value is -2.31. The fourth-order valence-corrected chi connectivity index (χ4v) is 4.50. The van der Waals surface area contributed by atoms with Gasteiger partial charge in [-0.05, 0) is 55.4 Å². The monoisotopic (exact) mass is 399 g/mol. The number of nitrogens with one attached hydrogen (secondary N) is 2. The first kappa shape index (κ1) is 20.0. The Morgan fingerprint density at radius 1 is 1.21 bits per heavy atom. The van der Waals surface area contributed by atoms with Crippen LogP contribution >= 0.6 is 0 Å². The molecule has 0 spiro atoms. The van der Waals surface area contributed by atoms with E-state index in [1.165, 1.54) is 28.9 Å². The molecule has 2 aromatic rings. The van der Waals surface area contributed by atoms with Gasteiger partial charge in [-0.2, -0.15) is 0 Å². The molecule has 3 atom stereocenters. The van der Waals surface area contributed by atoms with E-state index < -0.39 is 23.7 Å². The number of aromatic nitrogens is 2. The molecule has 3 unspecified atom stereocenters. The Morgan fingerprint density at radius 3 is 2.69 bits per heavy atom. The highest BCUT2D eigenvalue weighted by Crippen LogP contribution is 2.34.